The highest BCUT2D eigenvalue weighted by Crippen LogP contribution is 2.32. The zero-order valence-electron chi connectivity index (χ0n) is 16.5. The molecule has 0 aliphatic rings. The van der Waals surface area contributed by atoms with Gasteiger partial charge < -0.3 is 10.3 Å². The fraction of sp³-hybridized carbons (Fsp3) is 0.143. The number of benzene rings is 2. The number of carbonyl (C=O) groups excluding carboxylic acids is 2. The summed E-state index contributed by atoms with van der Waals surface area (Å²) >= 11 is 1.22. The van der Waals surface area contributed by atoms with Crippen LogP contribution < -0.4 is 10.6 Å². The lowest BCUT2D eigenvalue weighted by molar-refractivity contribution is -0.117. The van der Waals surface area contributed by atoms with E-state index < -0.39 is 11.9 Å². The minimum atomic E-state index is -0.541. The minimum Gasteiger partial charge on any atom is -0.360 e. The Balaban J connectivity index is 1.74. The fourth-order valence-corrected chi connectivity index (χ4v) is 3.90. The number of thioether (sulfide) groups is 1. The molecule has 0 spiro atoms. The Labute approximate surface area is 177 Å². The first-order chi connectivity index (χ1) is 14.6. The van der Waals surface area contributed by atoms with Gasteiger partial charge in [-0.05, 0) is 30.7 Å². The van der Waals surface area contributed by atoms with Crippen LogP contribution >= 0.6 is 11.8 Å². The molecule has 3 amide bonds. The summed E-state index contributed by atoms with van der Waals surface area (Å²) in [5.41, 5.74) is 3.92. The van der Waals surface area contributed by atoms with Crippen LogP contribution in [0.25, 0.3) is 28.0 Å². The highest BCUT2D eigenvalue weighted by atomic mass is 32.2. The summed E-state index contributed by atoms with van der Waals surface area (Å²) < 4.78 is 1.93. The van der Waals surface area contributed by atoms with Gasteiger partial charge >= 0.3 is 6.03 Å². The van der Waals surface area contributed by atoms with Gasteiger partial charge in [0, 0.05) is 35.4 Å². The number of para-hydroxylation sites is 1. The molecule has 0 atom stereocenters. The fourth-order valence-electron chi connectivity index (χ4n) is 3.15. The quantitative estimate of drug-likeness (QED) is 0.430. The Kier molecular flexibility index (Phi) is 5.53. The van der Waals surface area contributed by atoms with Crippen LogP contribution in [0.15, 0.2) is 59.9 Å². The second-order valence-electron chi connectivity index (χ2n) is 6.64. The molecule has 0 unspecified atom stereocenters. The molecule has 0 saturated heterocycles. The van der Waals surface area contributed by atoms with Crippen molar-refractivity contribution in [1.29, 1.82) is 0 Å². The van der Waals surface area contributed by atoms with Crippen molar-refractivity contribution in [3.8, 4) is 17.1 Å². The number of amides is 3. The van der Waals surface area contributed by atoms with Crippen LogP contribution in [-0.4, -0.2) is 44.5 Å². The molecule has 0 radical (unpaired) electrons. The van der Waals surface area contributed by atoms with Crippen molar-refractivity contribution >= 4 is 34.6 Å². The highest BCUT2D eigenvalue weighted by Gasteiger charge is 2.20. The van der Waals surface area contributed by atoms with Crippen molar-refractivity contribution in [1.82, 2.24) is 30.4 Å². The van der Waals surface area contributed by atoms with Crippen LogP contribution in [0, 0.1) is 6.92 Å². The van der Waals surface area contributed by atoms with E-state index in [1.165, 1.54) is 18.8 Å². The van der Waals surface area contributed by atoms with Gasteiger partial charge in [0.05, 0.1) is 5.75 Å². The predicted molar refractivity (Wildman–Crippen MR) is 117 cm³/mol. The molecule has 0 saturated carbocycles. The molecule has 152 valence electrons. The molecular weight excluding hydrogens is 400 g/mol. The standard InChI is InChI=1S/C21H20N6O2S/c1-13-6-5-7-14(10-13)27-19(16-11-23-17-9-4-3-8-15(16)17)25-26-21(27)30-12-18(28)24-20(29)22-2/h3-11,23H,12H2,1-2H3,(H2,22,24,28,29). The summed E-state index contributed by atoms with van der Waals surface area (Å²) in [5, 5.41) is 15.0. The summed E-state index contributed by atoms with van der Waals surface area (Å²) in [4.78, 5) is 26.7. The molecule has 2 heterocycles. The normalized spacial score (nSPS) is 10.9. The van der Waals surface area contributed by atoms with Crippen molar-refractivity contribution in [2.45, 2.75) is 12.1 Å². The van der Waals surface area contributed by atoms with E-state index in [1.807, 2.05) is 66.2 Å². The molecule has 0 aliphatic heterocycles. The summed E-state index contributed by atoms with van der Waals surface area (Å²) in [6.07, 6.45) is 1.91. The monoisotopic (exact) mass is 420 g/mol. The molecular formula is C21H20N6O2S. The number of hydrogen-bond acceptors (Lipinski definition) is 5. The predicted octanol–water partition coefficient (Wildman–Crippen LogP) is 3.27. The SMILES string of the molecule is CNC(=O)NC(=O)CSc1nnc(-c2c[nH]c3ccccc23)n1-c1cccc(C)c1. The second kappa shape index (κ2) is 8.42. The number of H-pyrrole nitrogens is 1. The molecule has 0 aliphatic carbocycles. The Bertz CT molecular complexity index is 1230. The lowest BCUT2D eigenvalue weighted by Crippen LogP contribution is -2.38. The van der Waals surface area contributed by atoms with Crippen LogP contribution in [0.4, 0.5) is 4.79 Å². The average Bonchev–Trinajstić information content (AvgIpc) is 3.36. The number of aromatic amines is 1. The van der Waals surface area contributed by atoms with Gasteiger partial charge in [0.15, 0.2) is 11.0 Å². The third-order valence-electron chi connectivity index (χ3n) is 4.54. The third-order valence-corrected chi connectivity index (χ3v) is 5.46. The van der Waals surface area contributed by atoms with Crippen molar-refractivity contribution in [3.05, 3.63) is 60.3 Å². The van der Waals surface area contributed by atoms with E-state index in [1.54, 1.807) is 0 Å². The molecule has 3 N–H and O–H groups in total. The third kappa shape index (κ3) is 3.92. The van der Waals surface area contributed by atoms with Gasteiger partial charge in [0.1, 0.15) is 0 Å². The van der Waals surface area contributed by atoms with E-state index in [9.17, 15) is 9.59 Å². The van der Waals surface area contributed by atoms with Gasteiger partial charge in [0.2, 0.25) is 5.91 Å². The smallest absolute Gasteiger partial charge is 0.321 e. The first-order valence-corrected chi connectivity index (χ1v) is 10.3. The van der Waals surface area contributed by atoms with E-state index in [0.29, 0.717) is 11.0 Å². The van der Waals surface area contributed by atoms with E-state index in [0.717, 1.165) is 27.7 Å². The molecule has 0 bridgehead atoms. The van der Waals surface area contributed by atoms with Gasteiger partial charge in [-0.15, -0.1) is 10.2 Å². The Morgan fingerprint density at radius 3 is 2.77 bits per heavy atom. The zero-order valence-corrected chi connectivity index (χ0v) is 17.3. The number of urea groups is 1. The number of imide groups is 1. The van der Waals surface area contributed by atoms with E-state index >= 15 is 0 Å². The van der Waals surface area contributed by atoms with Crippen molar-refractivity contribution < 1.29 is 9.59 Å². The maximum atomic E-state index is 12.0. The molecule has 8 nitrogen and oxygen atoms in total. The summed E-state index contributed by atoms with van der Waals surface area (Å²) in [5.74, 6) is 0.296. The number of rotatable bonds is 5. The number of aromatic nitrogens is 4. The van der Waals surface area contributed by atoms with Gasteiger partial charge in [-0.1, -0.05) is 42.1 Å². The number of fused-ring (bicyclic) bond motifs is 1. The summed E-state index contributed by atoms with van der Waals surface area (Å²) in [6.45, 7) is 2.02. The van der Waals surface area contributed by atoms with Crippen LogP contribution in [0.2, 0.25) is 0 Å². The van der Waals surface area contributed by atoms with Crippen molar-refractivity contribution in [3.63, 3.8) is 0 Å². The molecule has 4 rings (SSSR count). The van der Waals surface area contributed by atoms with Gasteiger partial charge in [0.25, 0.3) is 0 Å². The zero-order chi connectivity index (χ0) is 21.1. The average molecular weight is 420 g/mol. The minimum absolute atomic E-state index is 0.0330. The first kappa shape index (κ1) is 19.7. The Morgan fingerprint density at radius 2 is 1.97 bits per heavy atom. The van der Waals surface area contributed by atoms with Crippen LogP contribution in [0.3, 0.4) is 0 Å². The number of nitrogens with zero attached hydrogens (tertiary/aromatic N) is 3. The van der Waals surface area contributed by atoms with Gasteiger partial charge in [-0.25, -0.2) is 4.79 Å². The van der Waals surface area contributed by atoms with Gasteiger partial charge in [-0.2, -0.15) is 0 Å². The molecule has 2 aromatic carbocycles. The van der Waals surface area contributed by atoms with Crippen molar-refractivity contribution in [2.24, 2.45) is 0 Å². The van der Waals surface area contributed by atoms with Gasteiger partial charge in [-0.3, -0.25) is 14.7 Å². The number of hydrogen-bond donors (Lipinski definition) is 3. The molecule has 4 aromatic rings. The van der Waals surface area contributed by atoms with Crippen LogP contribution in [0.5, 0.6) is 0 Å². The number of nitrogens with one attached hydrogen (secondary N) is 3. The summed E-state index contributed by atoms with van der Waals surface area (Å²) in [7, 11) is 1.46. The van der Waals surface area contributed by atoms with E-state index in [2.05, 4.69) is 25.8 Å². The second-order valence-corrected chi connectivity index (χ2v) is 7.59. The first-order valence-electron chi connectivity index (χ1n) is 9.30. The Morgan fingerprint density at radius 1 is 1.13 bits per heavy atom. The van der Waals surface area contributed by atoms with Crippen molar-refractivity contribution in [2.75, 3.05) is 12.8 Å². The van der Waals surface area contributed by atoms with E-state index in [4.69, 9.17) is 0 Å². The van der Waals surface area contributed by atoms with Crippen LogP contribution in [-0.2, 0) is 4.79 Å². The lowest BCUT2D eigenvalue weighted by Gasteiger charge is -2.11. The molecule has 30 heavy (non-hydrogen) atoms. The maximum absolute atomic E-state index is 12.0. The lowest BCUT2D eigenvalue weighted by atomic mass is 10.1. The summed E-state index contributed by atoms with van der Waals surface area (Å²) in [6, 6.07) is 15.4. The van der Waals surface area contributed by atoms with E-state index in [-0.39, 0.29) is 5.75 Å². The highest BCUT2D eigenvalue weighted by molar-refractivity contribution is 7.99. The largest absolute Gasteiger partial charge is 0.360 e. The Hall–Kier alpha value is -3.59. The maximum Gasteiger partial charge on any atom is 0.321 e. The molecule has 9 heteroatoms. The number of aryl methyl sites for hydroxylation is 1. The topological polar surface area (TPSA) is 105 Å². The molecule has 2 aromatic heterocycles. The molecule has 0 fully saturated rings. The van der Waals surface area contributed by atoms with Crippen LogP contribution in [0.1, 0.15) is 5.56 Å². The number of carbonyl (C=O) groups is 2.